The summed E-state index contributed by atoms with van der Waals surface area (Å²) in [6.07, 6.45) is 2.44. The molecule has 0 radical (unpaired) electrons. The van der Waals surface area contributed by atoms with Crippen LogP contribution in [0, 0.1) is 5.41 Å². The van der Waals surface area contributed by atoms with E-state index in [-0.39, 0.29) is 41.6 Å². The van der Waals surface area contributed by atoms with Gasteiger partial charge < -0.3 is 15.0 Å². The van der Waals surface area contributed by atoms with E-state index >= 15 is 0 Å². The van der Waals surface area contributed by atoms with Gasteiger partial charge in [0.15, 0.2) is 5.69 Å². The second-order valence-corrected chi connectivity index (χ2v) is 6.62. The Labute approximate surface area is 136 Å². The molecule has 1 saturated carbocycles. The number of aromatic nitrogens is 3. The van der Waals surface area contributed by atoms with Gasteiger partial charge in [0, 0.05) is 32.2 Å². The molecule has 8 nitrogen and oxygen atoms in total. The lowest BCUT2D eigenvalue weighted by Crippen LogP contribution is -2.62. The molecule has 0 bridgehead atoms. The van der Waals surface area contributed by atoms with Crippen LogP contribution >= 0.6 is 0 Å². The second kappa shape index (κ2) is 6.66. The molecular weight excluding hydrogens is 298 g/mol. The zero-order chi connectivity index (χ0) is 17.2. The number of hydrogen-bond acceptors (Lipinski definition) is 5. The normalized spacial score (nSPS) is 22.3. The molecule has 2 amide bonds. The molecule has 0 saturated heterocycles. The van der Waals surface area contributed by atoms with E-state index in [1.165, 1.54) is 15.8 Å². The lowest BCUT2D eigenvalue weighted by atomic mass is 9.64. The first-order valence-corrected chi connectivity index (χ1v) is 7.78. The van der Waals surface area contributed by atoms with Crippen LogP contribution < -0.4 is 5.32 Å². The Hall–Kier alpha value is -1.96. The Balaban J connectivity index is 1.92. The Morgan fingerprint density at radius 2 is 2.17 bits per heavy atom. The molecule has 8 heteroatoms. The third kappa shape index (κ3) is 3.69. The average molecular weight is 323 g/mol. The largest absolute Gasteiger partial charge is 0.378 e. The molecule has 2 atom stereocenters. The summed E-state index contributed by atoms with van der Waals surface area (Å²) in [6.45, 7) is 6.86. The van der Waals surface area contributed by atoms with Gasteiger partial charge in [-0.3, -0.25) is 9.59 Å². The number of likely N-dealkylation sites (N-methyl/N-ethyl adjacent to an activating group) is 1. The van der Waals surface area contributed by atoms with Gasteiger partial charge in [-0.25, -0.2) is 4.68 Å². The van der Waals surface area contributed by atoms with Gasteiger partial charge in [0.2, 0.25) is 5.91 Å². The van der Waals surface area contributed by atoms with E-state index in [9.17, 15) is 9.59 Å². The molecule has 1 aliphatic carbocycles. The predicted molar refractivity (Wildman–Crippen MR) is 83.8 cm³/mol. The van der Waals surface area contributed by atoms with Crippen LogP contribution in [0.15, 0.2) is 6.20 Å². The second-order valence-electron chi connectivity index (χ2n) is 6.62. The van der Waals surface area contributed by atoms with Crippen molar-refractivity contribution >= 4 is 11.8 Å². The summed E-state index contributed by atoms with van der Waals surface area (Å²) in [7, 11) is 3.33. The van der Waals surface area contributed by atoms with Gasteiger partial charge in [-0.15, -0.1) is 5.10 Å². The molecule has 0 aliphatic heterocycles. The molecular formula is C15H25N5O3. The highest BCUT2D eigenvalue weighted by Gasteiger charge is 2.49. The summed E-state index contributed by atoms with van der Waals surface area (Å²) in [4.78, 5) is 25.4. The van der Waals surface area contributed by atoms with E-state index in [0.717, 1.165) is 6.42 Å². The van der Waals surface area contributed by atoms with Crippen molar-refractivity contribution in [2.45, 2.75) is 45.9 Å². The van der Waals surface area contributed by atoms with Crippen LogP contribution in [0.25, 0.3) is 0 Å². The number of amides is 2. The third-order valence-corrected chi connectivity index (χ3v) is 4.42. The molecule has 1 heterocycles. The van der Waals surface area contributed by atoms with Crippen LogP contribution in [0.2, 0.25) is 0 Å². The molecule has 0 unspecified atom stereocenters. The quantitative estimate of drug-likeness (QED) is 0.813. The third-order valence-electron chi connectivity index (χ3n) is 4.42. The molecule has 1 aliphatic rings. The van der Waals surface area contributed by atoms with Crippen LogP contribution in [0.5, 0.6) is 0 Å². The Morgan fingerprint density at radius 1 is 1.48 bits per heavy atom. The summed E-state index contributed by atoms with van der Waals surface area (Å²) < 4.78 is 7.02. The Bertz CT molecular complexity index is 581. The van der Waals surface area contributed by atoms with Crippen LogP contribution in [-0.2, 0) is 16.1 Å². The zero-order valence-corrected chi connectivity index (χ0v) is 14.4. The first kappa shape index (κ1) is 17.4. The molecule has 128 valence electrons. The molecule has 1 aromatic rings. The van der Waals surface area contributed by atoms with Crippen molar-refractivity contribution in [3.63, 3.8) is 0 Å². The number of nitrogens with zero attached hydrogens (tertiary/aromatic N) is 4. The van der Waals surface area contributed by atoms with Crippen molar-refractivity contribution in [2.75, 3.05) is 20.7 Å². The van der Waals surface area contributed by atoms with E-state index < -0.39 is 0 Å². The van der Waals surface area contributed by atoms with Crippen molar-refractivity contribution in [3.8, 4) is 0 Å². The number of ether oxygens (including phenoxy) is 1. The first-order valence-electron chi connectivity index (χ1n) is 7.78. The Morgan fingerprint density at radius 3 is 2.74 bits per heavy atom. The van der Waals surface area contributed by atoms with Gasteiger partial charge in [-0.1, -0.05) is 19.1 Å². The molecule has 1 aromatic heterocycles. The monoisotopic (exact) mass is 323 g/mol. The number of carbonyl (C=O) groups excluding carboxylic acids is 2. The summed E-state index contributed by atoms with van der Waals surface area (Å²) >= 11 is 0. The first-order chi connectivity index (χ1) is 10.8. The molecule has 0 spiro atoms. The fraction of sp³-hybridized carbons (Fsp3) is 0.733. The Kier molecular flexibility index (Phi) is 5.03. The van der Waals surface area contributed by atoms with Crippen LogP contribution in [0.3, 0.4) is 0 Å². The highest BCUT2D eigenvalue weighted by atomic mass is 16.5. The van der Waals surface area contributed by atoms with Crippen LogP contribution in [-0.4, -0.2) is 64.6 Å². The molecule has 0 aromatic carbocycles. The van der Waals surface area contributed by atoms with Crippen molar-refractivity contribution < 1.29 is 14.3 Å². The topological polar surface area (TPSA) is 89.4 Å². The van der Waals surface area contributed by atoms with Gasteiger partial charge in [0.05, 0.1) is 12.3 Å². The smallest absolute Gasteiger partial charge is 0.273 e. The highest BCUT2D eigenvalue weighted by Crippen LogP contribution is 2.42. The average Bonchev–Trinajstić information content (AvgIpc) is 2.94. The molecule has 23 heavy (non-hydrogen) atoms. The number of nitrogens with one attached hydrogen (secondary N) is 1. The van der Waals surface area contributed by atoms with Crippen LogP contribution in [0.1, 0.15) is 37.7 Å². The summed E-state index contributed by atoms with van der Waals surface area (Å²) in [5.74, 6) is -0.386. The predicted octanol–water partition coefficient (Wildman–Crippen LogP) is 0.300. The summed E-state index contributed by atoms with van der Waals surface area (Å²) in [5.41, 5.74) is 0.106. The maximum Gasteiger partial charge on any atom is 0.273 e. The van der Waals surface area contributed by atoms with Gasteiger partial charge in [-0.05, 0) is 13.3 Å². The minimum Gasteiger partial charge on any atom is -0.378 e. The summed E-state index contributed by atoms with van der Waals surface area (Å²) in [6, 6.07) is 0.0418. The van der Waals surface area contributed by atoms with E-state index in [0.29, 0.717) is 6.61 Å². The fourth-order valence-electron chi connectivity index (χ4n) is 2.61. The minimum atomic E-state index is -0.276. The van der Waals surface area contributed by atoms with E-state index in [2.05, 4.69) is 29.5 Å². The van der Waals surface area contributed by atoms with E-state index in [1.807, 2.05) is 6.92 Å². The van der Waals surface area contributed by atoms with Gasteiger partial charge in [0.1, 0.15) is 6.54 Å². The zero-order valence-electron chi connectivity index (χ0n) is 14.4. The van der Waals surface area contributed by atoms with Crippen molar-refractivity contribution in [1.29, 1.82) is 0 Å². The highest BCUT2D eigenvalue weighted by molar-refractivity contribution is 5.92. The van der Waals surface area contributed by atoms with E-state index in [1.54, 1.807) is 14.1 Å². The number of rotatable bonds is 6. The number of hydrogen-bond donors (Lipinski definition) is 1. The lowest BCUT2D eigenvalue weighted by Gasteiger charge is -2.51. The lowest BCUT2D eigenvalue weighted by molar-refractivity contribution is -0.129. The maximum absolute atomic E-state index is 12.3. The van der Waals surface area contributed by atoms with Crippen molar-refractivity contribution in [2.24, 2.45) is 5.41 Å². The molecule has 1 N–H and O–H groups in total. The molecule has 2 rings (SSSR count). The number of carbonyl (C=O) groups is 2. The van der Waals surface area contributed by atoms with Crippen molar-refractivity contribution in [1.82, 2.24) is 25.2 Å². The van der Waals surface area contributed by atoms with Gasteiger partial charge >= 0.3 is 0 Å². The van der Waals surface area contributed by atoms with E-state index in [4.69, 9.17) is 4.74 Å². The minimum absolute atomic E-state index is 0.0418. The SMILES string of the molecule is CCO[C@H]1C[C@@H](NC(=O)c2cn(CC(=O)N(C)C)nn2)C1(C)C. The van der Waals surface area contributed by atoms with Gasteiger partial charge in [0.25, 0.3) is 5.91 Å². The van der Waals surface area contributed by atoms with Gasteiger partial charge in [-0.2, -0.15) is 0 Å². The van der Waals surface area contributed by atoms with Crippen LogP contribution in [0.4, 0.5) is 0 Å². The van der Waals surface area contributed by atoms with Crippen molar-refractivity contribution in [3.05, 3.63) is 11.9 Å². The summed E-state index contributed by atoms with van der Waals surface area (Å²) in [5, 5.41) is 10.6. The molecule has 1 fully saturated rings. The fourth-order valence-corrected chi connectivity index (χ4v) is 2.61. The standard InChI is InChI=1S/C15H25N5O3/c1-6-23-12-7-11(15(12,2)3)16-14(22)10-8-20(18-17-10)9-13(21)19(4)5/h8,11-12H,6-7,9H2,1-5H3,(H,16,22)/t11-,12+/m1/s1. The maximum atomic E-state index is 12.3.